The summed E-state index contributed by atoms with van der Waals surface area (Å²) in [7, 11) is 3.01. The average molecular weight is 296 g/mol. The highest BCUT2D eigenvalue weighted by Crippen LogP contribution is 2.31. The van der Waals surface area contributed by atoms with Crippen molar-refractivity contribution in [2.45, 2.75) is 12.7 Å². The van der Waals surface area contributed by atoms with Crippen LogP contribution < -0.4 is 5.32 Å². The smallest absolute Gasteiger partial charge is 0.378 e. The third-order valence-corrected chi connectivity index (χ3v) is 2.47. The predicted octanol–water partition coefficient (Wildman–Crippen LogP) is 2.21. The van der Waals surface area contributed by atoms with Crippen molar-refractivity contribution in [2.75, 3.05) is 5.32 Å². The maximum Gasteiger partial charge on any atom is 0.433 e. The van der Waals surface area contributed by atoms with E-state index in [1.807, 2.05) is 0 Å². The lowest BCUT2D eigenvalue weighted by atomic mass is 10.2. The zero-order valence-corrected chi connectivity index (χ0v) is 11.1. The molecule has 2 aromatic heterocycles. The van der Waals surface area contributed by atoms with Crippen LogP contribution in [0.15, 0.2) is 18.6 Å². The fraction of sp³-hybridized carbons (Fsp3) is 0.400. The van der Waals surface area contributed by atoms with Gasteiger partial charge in [0.15, 0.2) is 0 Å². The Labute approximate surface area is 113 Å². The van der Waals surface area contributed by atoms with Crippen LogP contribution in [-0.4, -0.2) is 19.6 Å². The van der Waals surface area contributed by atoms with Gasteiger partial charge in [-0.3, -0.25) is 9.36 Å². The average Bonchev–Trinajstić information content (AvgIpc) is 2.81. The van der Waals surface area contributed by atoms with E-state index in [1.165, 1.54) is 13.2 Å². The van der Waals surface area contributed by atoms with Gasteiger partial charge in [0.25, 0.3) is 0 Å². The molecule has 0 aliphatic rings. The first-order chi connectivity index (χ1) is 8.38. The van der Waals surface area contributed by atoms with Gasteiger partial charge in [0.1, 0.15) is 5.69 Å². The molecule has 1 N–H and O–H groups in total. The molecule has 19 heavy (non-hydrogen) atoms. The van der Waals surface area contributed by atoms with Crippen LogP contribution in [0.1, 0.15) is 11.3 Å². The Kier molecular flexibility index (Phi) is 4.46. The highest BCUT2D eigenvalue weighted by Gasteiger charge is 2.37. The summed E-state index contributed by atoms with van der Waals surface area (Å²) in [5.74, 6) is 0. The van der Waals surface area contributed by atoms with Gasteiger partial charge in [-0.2, -0.15) is 23.4 Å². The minimum Gasteiger partial charge on any atom is -0.378 e. The topological polar surface area (TPSA) is 47.7 Å². The largest absolute Gasteiger partial charge is 0.433 e. The first-order valence-corrected chi connectivity index (χ1v) is 5.18. The molecule has 2 aromatic rings. The number of aromatic nitrogens is 4. The van der Waals surface area contributed by atoms with Crippen molar-refractivity contribution < 1.29 is 13.2 Å². The fourth-order valence-electron chi connectivity index (χ4n) is 1.69. The van der Waals surface area contributed by atoms with Gasteiger partial charge in [-0.25, -0.2) is 0 Å². The first-order valence-electron chi connectivity index (χ1n) is 5.18. The lowest BCUT2D eigenvalue weighted by Gasteiger charge is -2.10. The summed E-state index contributed by atoms with van der Waals surface area (Å²) in [6.45, 7) is 0.0500. The van der Waals surface area contributed by atoms with Crippen LogP contribution in [0.5, 0.6) is 0 Å². The van der Waals surface area contributed by atoms with Crippen LogP contribution in [0.4, 0.5) is 18.9 Å². The molecule has 0 unspecified atom stereocenters. The number of anilines is 1. The van der Waals surface area contributed by atoms with Crippen LogP contribution >= 0.6 is 12.4 Å². The second-order valence-corrected chi connectivity index (χ2v) is 3.90. The molecule has 0 saturated carbocycles. The minimum atomic E-state index is -4.41. The molecule has 0 aromatic carbocycles. The van der Waals surface area contributed by atoms with E-state index in [2.05, 4.69) is 15.5 Å². The number of halogens is 4. The molecule has 0 radical (unpaired) electrons. The summed E-state index contributed by atoms with van der Waals surface area (Å²) in [4.78, 5) is 0. The Hall–Kier alpha value is -1.70. The van der Waals surface area contributed by atoms with Gasteiger partial charge in [-0.05, 0) is 0 Å². The van der Waals surface area contributed by atoms with Gasteiger partial charge >= 0.3 is 6.18 Å². The highest BCUT2D eigenvalue weighted by atomic mass is 35.5. The molecule has 9 heteroatoms. The second kappa shape index (κ2) is 5.52. The van der Waals surface area contributed by atoms with E-state index in [4.69, 9.17) is 0 Å². The van der Waals surface area contributed by atoms with Gasteiger partial charge in [0.2, 0.25) is 0 Å². The maximum absolute atomic E-state index is 12.8. The van der Waals surface area contributed by atoms with E-state index in [-0.39, 0.29) is 24.5 Å². The Bertz CT molecular complexity index is 546. The van der Waals surface area contributed by atoms with Crippen molar-refractivity contribution in [1.29, 1.82) is 0 Å². The summed E-state index contributed by atoms with van der Waals surface area (Å²) in [6.07, 6.45) is 0.0383. The summed E-state index contributed by atoms with van der Waals surface area (Å²) >= 11 is 0. The van der Waals surface area contributed by atoms with Gasteiger partial charge in [0.05, 0.1) is 18.1 Å². The molecule has 0 aliphatic heterocycles. The lowest BCUT2D eigenvalue weighted by molar-refractivity contribution is -0.144. The summed E-state index contributed by atoms with van der Waals surface area (Å²) < 4.78 is 40.7. The van der Waals surface area contributed by atoms with E-state index in [0.29, 0.717) is 5.69 Å². The quantitative estimate of drug-likeness (QED) is 0.944. The van der Waals surface area contributed by atoms with Gasteiger partial charge in [-0.15, -0.1) is 12.4 Å². The normalized spacial score (nSPS) is 11.2. The predicted molar refractivity (Wildman–Crippen MR) is 66.0 cm³/mol. The highest BCUT2D eigenvalue weighted by molar-refractivity contribution is 5.85. The van der Waals surface area contributed by atoms with E-state index in [0.717, 1.165) is 4.68 Å². The van der Waals surface area contributed by atoms with Crippen molar-refractivity contribution in [2.24, 2.45) is 14.1 Å². The monoisotopic (exact) mass is 295 g/mol. The van der Waals surface area contributed by atoms with Gasteiger partial charge in [0, 0.05) is 32.4 Å². The molecule has 0 fully saturated rings. The Morgan fingerprint density at radius 2 is 1.89 bits per heavy atom. The number of nitrogens with one attached hydrogen (secondary N) is 1. The third kappa shape index (κ3) is 3.40. The zero-order chi connectivity index (χ0) is 13.3. The van der Waals surface area contributed by atoms with E-state index in [9.17, 15) is 13.2 Å². The minimum absolute atomic E-state index is 0. The van der Waals surface area contributed by atoms with E-state index in [1.54, 1.807) is 24.1 Å². The molecule has 0 aliphatic carbocycles. The molecule has 5 nitrogen and oxygen atoms in total. The summed E-state index contributed by atoms with van der Waals surface area (Å²) in [5, 5.41) is 10.4. The molecule has 0 saturated heterocycles. The number of nitrogens with zero attached hydrogens (tertiary/aromatic N) is 4. The van der Waals surface area contributed by atoms with Crippen molar-refractivity contribution in [3.8, 4) is 0 Å². The molecule has 0 bridgehead atoms. The standard InChI is InChI=1S/C10H12F3N5.ClH/c1-17-6-8(5-15-17)14-3-7-4-16-18(2)9(7)10(11,12)13;/h4-6,14H,3H2,1-2H3;1H. The molecule has 2 heterocycles. The number of alkyl halides is 3. The summed E-state index contributed by atoms with van der Waals surface area (Å²) in [5.41, 5.74) is 0.0298. The molecular formula is C10H13ClF3N5. The van der Waals surface area contributed by atoms with Crippen molar-refractivity contribution in [3.63, 3.8) is 0 Å². The Morgan fingerprint density at radius 3 is 2.42 bits per heavy atom. The number of rotatable bonds is 3. The summed E-state index contributed by atoms with van der Waals surface area (Å²) in [6, 6.07) is 0. The second-order valence-electron chi connectivity index (χ2n) is 3.90. The Balaban J connectivity index is 0.00000180. The molecule has 106 valence electrons. The van der Waals surface area contributed by atoms with Crippen LogP contribution in [0.3, 0.4) is 0 Å². The van der Waals surface area contributed by atoms with Crippen LogP contribution in [0, 0.1) is 0 Å². The molecular weight excluding hydrogens is 283 g/mol. The number of aryl methyl sites for hydroxylation is 2. The lowest BCUT2D eigenvalue weighted by Crippen LogP contribution is -2.15. The van der Waals surface area contributed by atoms with Crippen LogP contribution in [0.25, 0.3) is 0 Å². The number of hydrogen-bond donors (Lipinski definition) is 1. The first kappa shape index (κ1) is 15.4. The Morgan fingerprint density at radius 1 is 1.21 bits per heavy atom. The van der Waals surface area contributed by atoms with Crippen molar-refractivity contribution >= 4 is 18.1 Å². The van der Waals surface area contributed by atoms with E-state index >= 15 is 0 Å². The van der Waals surface area contributed by atoms with Gasteiger partial charge < -0.3 is 5.32 Å². The number of hydrogen-bond acceptors (Lipinski definition) is 3. The van der Waals surface area contributed by atoms with Crippen molar-refractivity contribution in [1.82, 2.24) is 19.6 Å². The SMILES string of the molecule is Cl.Cn1cc(NCc2cnn(C)c2C(F)(F)F)cn1. The third-order valence-electron chi connectivity index (χ3n) is 2.47. The van der Waals surface area contributed by atoms with Crippen LogP contribution in [0.2, 0.25) is 0 Å². The fourth-order valence-corrected chi connectivity index (χ4v) is 1.69. The van der Waals surface area contributed by atoms with E-state index < -0.39 is 11.9 Å². The zero-order valence-electron chi connectivity index (χ0n) is 10.3. The van der Waals surface area contributed by atoms with Gasteiger partial charge in [-0.1, -0.05) is 0 Å². The molecule has 0 spiro atoms. The van der Waals surface area contributed by atoms with Crippen LogP contribution in [-0.2, 0) is 26.8 Å². The molecule has 0 amide bonds. The van der Waals surface area contributed by atoms with Crippen molar-refractivity contribution in [3.05, 3.63) is 29.8 Å². The maximum atomic E-state index is 12.8. The molecule has 2 rings (SSSR count). The molecule has 0 atom stereocenters.